The van der Waals surface area contributed by atoms with E-state index >= 15 is 4.39 Å². The monoisotopic (exact) mass is 2030 g/mol. The predicted octanol–water partition coefficient (Wildman–Crippen LogP) is 20.0. The van der Waals surface area contributed by atoms with Crippen molar-refractivity contribution in [1.29, 1.82) is 0 Å². The smallest absolute Gasteiger partial charge is 0.469 e. The second kappa shape index (κ2) is 44.1. The number of nitrogens with one attached hydrogen (secondary N) is 4. The topological polar surface area (TPSA) is 425 Å². The number of phosphoric ester groups is 2. The number of hydrogen-bond donors (Lipinski definition) is 10. The first-order chi connectivity index (χ1) is 64.5. The number of nitro benzene ring substituents is 1. The maximum absolute atomic E-state index is 15.6. The summed E-state index contributed by atoms with van der Waals surface area (Å²) in [6.45, 7) is 15.7. The van der Waals surface area contributed by atoms with Gasteiger partial charge in [-0.05, 0) is 234 Å². The molecule has 0 saturated carbocycles. The van der Waals surface area contributed by atoms with E-state index in [1.807, 2.05) is 159 Å². The average Bonchev–Trinajstić information content (AvgIpc) is 1.60. The van der Waals surface area contributed by atoms with Crippen LogP contribution in [0.4, 0.5) is 55.6 Å². The van der Waals surface area contributed by atoms with Gasteiger partial charge in [0.05, 0.1) is 61.0 Å². The Morgan fingerprint density at radius 2 is 0.868 bits per heavy atom. The number of hydrogen-bond acceptors (Lipinski definition) is 22. The Balaban J connectivity index is 0.000000230. The van der Waals surface area contributed by atoms with Gasteiger partial charge in [0.15, 0.2) is 9.84 Å². The molecule has 41 heteroatoms. The summed E-state index contributed by atoms with van der Waals surface area (Å²) in [7, 11) is -22.1. The summed E-state index contributed by atoms with van der Waals surface area (Å²) >= 11 is 15.3. The number of piperazine rings is 2. The molecular weight excluding hydrogens is 1930 g/mol. The number of halogens is 3. The third-order valence-electron chi connectivity index (χ3n) is 22.9. The highest BCUT2D eigenvalue weighted by molar-refractivity contribution is 7.99. The highest BCUT2D eigenvalue weighted by Crippen LogP contribution is 2.47. The van der Waals surface area contributed by atoms with Gasteiger partial charge in [0.2, 0.25) is 0 Å². The van der Waals surface area contributed by atoms with E-state index in [-0.39, 0.29) is 86.7 Å². The largest absolute Gasteiger partial charge is 0.478 e. The lowest BCUT2D eigenvalue weighted by molar-refractivity contribution is -0.384. The molecule has 0 aliphatic carbocycles. The highest BCUT2D eigenvalue weighted by Gasteiger charge is 2.34. The number of sulfone groups is 1. The summed E-state index contributed by atoms with van der Waals surface area (Å²) in [4.78, 5) is 83.5. The van der Waals surface area contributed by atoms with Gasteiger partial charge in [-0.3, -0.25) is 28.6 Å². The number of anilines is 8. The number of nitro groups is 1. The minimum absolute atomic E-state index is 0.0104. The second-order valence-corrected chi connectivity index (χ2v) is 43.8. The first-order valence-corrected chi connectivity index (χ1v) is 53.7. The SMILES string of the molecule is Cc1c(C(=O)O)c(-c2cc(F)cc(N3CCN(c4ccc(NS(=O)(=O)c5ccc(N[C@H](CCOP(=O)(O)O)CSc6ccccc6)c(S(C)(=O)=O)c5)cc4)CC3)c2)c(-c2ccc(Cl)cc2)n1C(C)C.Cc1c(C(=O)O)c(-c2cccc(N3CCN(c4ccc(NS(=O)(=O)c5ccc(N[C@H](CCOP(=O)(O)O)CSc6ccccc6)c([N+](=O)[O-])c5)cc4)CC3)c2)c(-c2ccc(Cl)cc2)n1C(C)C. The van der Waals surface area contributed by atoms with Gasteiger partial charge in [-0.2, -0.15) is 0 Å². The molecular formula is C95H102Cl2FN11O20P2S5. The van der Waals surface area contributed by atoms with E-state index in [2.05, 4.69) is 48.4 Å². The van der Waals surface area contributed by atoms with Crippen molar-refractivity contribution in [2.24, 2.45) is 0 Å². The molecule has 0 amide bonds. The van der Waals surface area contributed by atoms with E-state index in [4.69, 9.17) is 23.2 Å². The van der Waals surface area contributed by atoms with Crippen LogP contribution in [0.5, 0.6) is 0 Å². The van der Waals surface area contributed by atoms with Gasteiger partial charge < -0.3 is 69.2 Å². The lowest BCUT2D eigenvalue weighted by atomic mass is 9.96. The van der Waals surface area contributed by atoms with Gasteiger partial charge >= 0.3 is 27.6 Å². The molecule has 31 nitrogen and oxygen atoms in total. The maximum atomic E-state index is 15.6. The van der Waals surface area contributed by atoms with Crippen molar-refractivity contribution < 1.29 is 92.1 Å². The Morgan fingerprint density at radius 3 is 1.27 bits per heavy atom. The van der Waals surface area contributed by atoms with Crippen LogP contribution in [-0.2, 0) is 48.1 Å². The van der Waals surface area contributed by atoms with Gasteiger partial charge in [-0.1, -0.05) is 96.0 Å². The van der Waals surface area contributed by atoms with E-state index in [0.717, 1.165) is 67.6 Å². The fourth-order valence-electron chi connectivity index (χ4n) is 16.6. The van der Waals surface area contributed by atoms with Crippen molar-refractivity contribution >= 4 is 155 Å². The van der Waals surface area contributed by atoms with Gasteiger partial charge in [0.25, 0.3) is 25.7 Å². The number of aromatic carboxylic acids is 2. The predicted molar refractivity (Wildman–Crippen MR) is 535 cm³/mol. The number of carboxylic acids is 2. The third-order valence-corrected chi connectivity index (χ3v) is 30.6. The molecule has 718 valence electrons. The van der Waals surface area contributed by atoms with Crippen LogP contribution in [0, 0.1) is 29.8 Å². The number of nitrogens with zero attached hydrogens (tertiary/aromatic N) is 7. The van der Waals surface area contributed by atoms with Crippen molar-refractivity contribution in [1.82, 2.24) is 9.13 Å². The van der Waals surface area contributed by atoms with Crippen LogP contribution in [0.1, 0.15) is 84.7 Å². The summed E-state index contributed by atoms with van der Waals surface area (Å²) in [6.07, 6.45) is 1.13. The standard InChI is InChI=1S/C48H52ClFN5O10PS3.C47H50ClN6O10PS2/c1-31(2)55-32(3)45(48(56)57)46(47(55)33-10-12-35(49)13-11-33)34-26-36(50)28-40(27-34)54-23-21-53(22-24-54)39-16-14-37(15-17-39)52-69(63,64)42-18-19-43(44(29-42)68(4,61)62)51-38(20-25-65-66(58,59)60)30-67-41-8-6-5-7-9-41;1-31(2)53-32(3)44(47(55)56)45(46(53)33-12-14-35(48)15-13-33)34-8-7-9-39(28-34)52-25-23-51(24-26-52)38-18-16-36(17-19-38)50-67(62,63)41-20-21-42(43(29-41)54(57)58)49-37(22-27-64-65(59,60)61)30-66-40-10-5-4-6-11-40/h5-19,26-29,31,38,51-52H,20-25,30H2,1-4H3,(H,56,57)(H2,58,59,60);4-21,28-29,31,37,49-50H,22-27,30H2,1-3H3,(H,55,56)(H2,59,60,61)/t38-;37-/m11/s1. The molecule has 0 radical (unpaired) electrons. The van der Waals surface area contributed by atoms with Crippen molar-refractivity contribution in [3.63, 3.8) is 0 Å². The van der Waals surface area contributed by atoms with Crippen LogP contribution in [-0.4, -0.2) is 176 Å². The van der Waals surface area contributed by atoms with Gasteiger partial charge in [0, 0.05) is 177 Å². The van der Waals surface area contributed by atoms with Gasteiger partial charge in [-0.15, -0.1) is 23.5 Å². The summed E-state index contributed by atoms with van der Waals surface area (Å²) in [5, 5.41) is 40.5. The van der Waals surface area contributed by atoms with Crippen molar-refractivity contribution in [3.8, 4) is 44.8 Å². The Bertz CT molecular complexity index is 6800. The normalized spacial score (nSPS) is 13.9. The molecule has 2 fully saturated rings. The number of sulfonamides is 2. The van der Waals surface area contributed by atoms with Crippen molar-refractivity contribution in [2.75, 3.05) is 123 Å². The van der Waals surface area contributed by atoms with Crippen molar-refractivity contribution in [2.45, 2.75) is 103 Å². The minimum Gasteiger partial charge on any atom is -0.478 e. The number of benzene rings is 10. The molecule has 4 heterocycles. The molecule has 0 spiro atoms. The summed E-state index contributed by atoms with van der Waals surface area (Å²) in [6, 6.07) is 65.4. The fraction of sp³-hybridized carbons (Fsp3) is 0.263. The molecule has 2 saturated heterocycles. The van der Waals surface area contributed by atoms with Crippen LogP contribution >= 0.6 is 62.4 Å². The molecule has 2 aliphatic heterocycles. The highest BCUT2D eigenvalue weighted by atomic mass is 35.5. The van der Waals surface area contributed by atoms with E-state index in [9.17, 15) is 83.9 Å². The Hall–Kier alpha value is -11.2. The Morgan fingerprint density at radius 1 is 0.478 bits per heavy atom. The molecule has 0 bridgehead atoms. The molecule has 136 heavy (non-hydrogen) atoms. The molecule has 0 unspecified atom stereocenters. The van der Waals surface area contributed by atoms with E-state index in [0.29, 0.717) is 113 Å². The van der Waals surface area contributed by atoms with Gasteiger partial charge in [0.1, 0.15) is 11.5 Å². The average molecular weight is 2030 g/mol. The molecule has 2 atom stereocenters. The number of phosphoric acid groups is 2. The number of carboxylic acid groups (broad SMARTS) is 2. The van der Waals surface area contributed by atoms with Crippen LogP contribution in [0.15, 0.2) is 261 Å². The van der Waals surface area contributed by atoms with E-state index in [1.165, 1.54) is 59.9 Å². The Labute approximate surface area is 806 Å². The number of rotatable bonds is 38. The zero-order valence-corrected chi connectivity index (χ0v) is 82.2. The molecule has 2 aliphatic rings. The first kappa shape index (κ1) is 102. The third kappa shape index (κ3) is 26.0. The molecule has 10 aromatic carbocycles. The number of aromatic nitrogens is 2. The first-order valence-electron chi connectivity index (χ1n) is 43.0. The van der Waals surface area contributed by atoms with E-state index in [1.54, 1.807) is 79.7 Å². The van der Waals surface area contributed by atoms with E-state index < -0.39 is 86.0 Å². The molecule has 14 rings (SSSR count). The lowest BCUT2D eigenvalue weighted by Crippen LogP contribution is -2.46. The zero-order valence-electron chi connectivity index (χ0n) is 74.8. The number of carbonyl (C=O) groups is 2. The summed E-state index contributed by atoms with van der Waals surface area (Å²) in [5.41, 5.74) is 10.3. The fourth-order valence-corrected chi connectivity index (χ4v) is 22.7. The molecule has 12 aromatic rings. The van der Waals surface area contributed by atoms with Crippen LogP contribution in [0.25, 0.3) is 44.8 Å². The van der Waals surface area contributed by atoms with Crippen molar-refractivity contribution in [3.05, 3.63) is 285 Å². The minimum atomic E-state index is -4.76. The van der Waals surface area contributed by atoms with Crippen LogP contribution in [0.3, 0.4) is 0 Å². The van der Waals surface area contributed by atoms with Crippen LogP contribution < -0.4 is 39.7 Å². The summed E-state index contributed by atoms with van der Waals surface area (Å²) in [5.74, 6) is -1.92. The quantitative estimate of drug-likeness (QED) is 0.00743. The summed E-state index contributed by atoms with van der Waals surface area (Å²) < 4.78 is 137. The Kier molecular flexibility index (Phi) is 33.1. The second-order valence-electron chi connectivity index (χ2n) is 32.9. The van der Waals surface area contributed by atoms with Gasteiger partial charge in [-0.25, -0.2) is 48.4 Å². The maximum Gasteiger partial charge on any atom is 0.469 e. The molecule has 2 aromatic heterocycles. The lowest BCUT2D eigenvalue weighted by Gasteiger charge is -2.37. The molecule has 10 N–H and O–H groups in total. The van der Waals surface area contributed by atoms with Crippen LogP contribution in [0.2, 0.25) is 10.0 Å². The number of thioether (sulfide) groups is 2. The zero-order chi connectivity index (χ0) is 97.9.